The van der Waals surface area contributed by atoms with E-state index >= 15 is 0 Å². The Kier molecular flexibility index (Phi) is 4.64. The van der Waals surface area contributed by atoms with Crippen LogP contribution in [-0.4, -0.2) is 43.5 Å². The van der Waals surface area contributed by atoms with Crippen molar-refractivity contribution in [1.29, 1.82) is 0 Å². The highest BCUT2D eigenvalue weighted by Gasteiger charge is 2.58. The number of amides is 2. The lowest BCUT2D eigenvalue weighted by Crippen LogP contribution is -2.35. The van der Waals surface area contributed by atoms with Crippen molar-refractivity contribution in [3.05, 3.63) is 38.8 Å². The van der Waals surface area contributed by atoms with E-state index in [0.29, 0.717) is 9.90 Å². The number of H-pyrrole nitrogens is 1. The predicted octanol–water partition coefficient (Wildman–Crippen LogP) is 0.00430. The number of nitrogens with two attached hydrogens (primary N) is 1. The molecular formula is C16H13N3O7S3. The number of anilines is 1. The average Bonchev–Trinajstić information content (AvgIpc) is 3.15. The Labute approximate surface area is 172 Å². The number of carbonyl (C=O) groups is 3. The van der Waals surface area contributed by atoms with Crippen LogP contribution in [-0.2, 0) is 29.1 Å². The number of hydrogen-bond donors (Lipinski definition) is 2. The maximum Gasteiger partial charge on any atom is 0.314 e. The lowest BCUT2D eigenvalue weighted by Gasteiger charge is -2.27. The van der Waals surface area contributed by atoms with Gasteiger partial charge in [0.2, 0.25) is 21.8 Å². The van der Waals surface area contributed by atoms with Crippen LogP contribution in [0.4, 0.5) is 5.69 Å². The first-order chi connectivity index (χ1) is 13.6. The van der Waals surface area contributed by atoms with Crippen molar-refractivity contribution in [2.75, 3.05) is 12.0 Å². The highest BCUT2D eigenvalue weighted by molar-refractivity contribution is 8.00. The lowest BCUT2D eigenvalue weighted by atomic mass is 9.89. The Hall–Kier alpha value is -2.48. The summed E-state index contributed by atoms with van der Waals surface area (Å²) in [6.45, 7) is 0. The highest BCUT2D eigenvalue weighted by Crippen LogP contribution is 2.51. The molecule has 3 unspecified atom stereocenters. The molecule has 0 spiro atoms. The summed E-state index contributed by atoms with van der Waals surface area (Å²) < 4.78 is 27.7. The predicted molar refractivity (Wildman–Crippen MR) is 103 cm³/mol. The molecule has 3 heterocycles. The Morgan fingerprint density at radius 2 is 1.83 bits per heavy atom. The van der Waals surface area contributed by atoms with Crippen LogP contribution in [0.3, 0.4) is 0 Å². The van der Waals surface area contributed by atoms with Gasteiger partial charge >= 0.3 is 10.8 Å². The van der Waals surface area contributed by atoms with Gasteiger partial charge in [-0.15, -0.1) is 0 Å². The molecule has 10 nitrogen and oxygen atoms in total. The number of thioether (sulfide) groups is 1. The third-order valence-electron chi connectivity index (χ3n) is 4.70. The molecule has 2 amide bonds. The summed E-state index contributed by atoms with van der Waals surface area (Å²) in [4.78, 5) is 53.6. The first-order valence-electron chi connectivity index (χ1n) is 8.11. The summed E-state index contributed by atoms with van der Waals surface area (Å²) in [6.07, 6.45) is 0. The van der Waals surface area contributed by atoms with Gasteiger partial charge in [0.15, 0.2) is 0 Å². The summed E-state index contributed by atoms with van der Waals surface area (Å²) >= 11 is 1.82. The number of nitrogens with zero attached hydrogens (tertiary/aromatic N) is 1. The molecule has 4 rings (SSSR count). The number of esters is 1. The second kappa shape index (κ2) is 6.79. The number of rotatable bonds is 3. The standard InChI is InChI=1S/C16H13N3O7S3/c1-26-15(22)9-8-11(27-12-10(9)28-16(23)18-12)14(21)19(13(8)20)6-2-4-7(5-3-6)29(17,24)25/h2-5,8-9,11H,1H3,(H,18,23)(H2,17,24,25). The second-order valence-electron chi connectivity index (χ2n) is 6.32. The number of thiazole rings is 1. The van der Waals surface area contributed by atoms with E-state index in [1.165, 1.54) is 31.4 Å². The van der Waals surface area contributed by atoms with E-state index in [4.69, 9.17) is 9.88 Å². The second-order valence-corrected chi connectivity index (χ2v) is 10.1. The van der Waals surface area contributed by atoms with Crippen molar-refractivity contribution < 1.29 is 27.5 Å². The van der Waals surface area contributed by atoms with Crippen LogP contribution in [0.25, 0.3) is 0 Å². The zero-order valence-corrected chi connectivity index (χ0v) is 17.1. The molecule has 1 aromatic heterocycles. The average molecular weight is 455 g/mol. The summed E-state index contributed by atoms with van der Waals surface area (Å²) in [5.74, 6) is -4.05. The van der Waals surface area contributed by atoms with Gasteiger partial charge in [-0.1, -0.05) is 23.1 Å². The topological polar surface area (TPSA) is 157 Å². The number of aromatic amines is 1. The van der Waals surface area contributed by atoms with E-state index in [9.17, 15) is 27.6 Å². The van der Waals surface area contributed by atoms with Crippen LogP contribution in [0.1, 0.15) is 10.8 Å². The van der Waals surface area contributed by atoms with Gasteiger partial charge < -0.3 is 9.72 Å². The largest absolute Gasteiger partial charge is 0.469 e. The van der Waals surface area contributed by atoms with E-state index in [2.05, 4.69) is 4.98 Å². The van der Waals surface area contributed by atoms with Crippen molar-refractivity contribution in [2.45, 2.75) is 21.1 Å². The number of aromatic nitrogens is 1. The summed E-state index contributed by atoms with van der Waals surface area (Å²) in [7, 11) is -2.77. The normalized spacial score (nSPS) is 23.7. The molecule has 0 aliphatic carbocycles. The van der Waals surface area contributed by atoms with Gasteiger partial charge in [0.05, 0.1) is 33.5 Å². The molecule has 3 atom stereocenters. The number of benzene rings is 1. The molecule has 152 valence electrons. The summed E-state index contributed by atoms with van der Waals surface area (Å²) in [6, 6.07) is 4.96. The third kappa shape index (κ3) is 3.10. The number of imide groups is 1. The number of ether oxygens (including phenoxy) is 1. The van der Waals surface area contributed by atoms with Crippen LogP contribution in [0.15, 0.2) is 39.0 Å². The van der Waals surface area contributed by atoms with Crippen LogP contribution in [0, 0.1) is 5.92 Å². The smallest absolute Gasteiger partial charge is 0.314 e. The van der Waals surface area contributed by atoms with Crippen molar-refractivity contribution in [3.63, 3.8) is 0 Å². The van der Waals surface area contributed by atoms with Gasteiger partial charge in [-0.05, 0) is 24.3 Å². The Morgan fingerprint density at radius 1 is 1.17 bits per heavy atom. The first kappa shape index (κ1) is 19.8. The number of sulfonamides is 1. The molecular weight excluding hydrogens is 442 g/mol. The summed E-state index contributed by atoms with van der Waals surface area (Å²) in [5, 5.41) is 4.50. The van der Waals surface area contributed by atoms with Gasteiger partial charge in [-0.25, -0.2) is 18.5 Å². The van der Waals surface area contributed by atoms with Gasteiger partial charge in [-0.3, -0.25) is 19.2 Å². The Balaban J connectivity index is 1.77. The van der Waals surface area contributed by atoms with E-state index < -0.39 is 49.8 Å². The quantitative estimate of drug-likeness (QED) is 0.484. The molecule has 2 aliphatic rings. The lowest BCUT2D eigenvalue weighted by molar-refractivity contribution is -0.145. The molecule has 2 aromatic rings. The fourth-order valence-electron chi connectivity index (χ4n) is 3.44. The first-order valence-corrected chi connectivity index (χ1v) is 11.4. The fraction of sp³-hybridized carbons (Fsp3) is 0.250. The molecule has 13 heteroatoms. The summed E-state index contributed by atoms with van der Waals surface area (Å²) in [5.41, 5.74) is 0.155. The molecule has 0 bridgehead atoms. The van der Waals surface area contributed by atoms with E-state index in [1.807, 2.05) is 0 Å². The van der Waals surface area contributed by atoms with Gasteiger partial charge in [0.1, 0.15) is 11.2 Å². The van der Waals surface area contributed by atoms with E-state index in [0.717, 1.165) is 28.0 Å². The zero-order chi connectivity index (χ0) is 21.1. The number of methoxy groups -OCH3 is 1. The number of primary sulfonamides is 1. The van der Waals surface area contributed by atoms with Crippen molar-refractivity contribution >= 4 is 56.6 Å². The van der Waals surface area contributed by atoms with Gasteiger partial charge in [-0.2, -0.15) is 0 Å². The van der Waals surface area contributed by atoms with Crippen molar-refractivity contribution in [2.24, 2.45) is 11.1 Å². The van der Waals surface area contributed by atoms with Crippen molar-refractivity contribution in [3.8, 4) is 0 Å². The minimum Gasteiger partial charge on any atom is -0.469 e. The van der Waals surface area contributed by atoms with Gasteiger partial charge in [0.25, 0.3) is 0 Å². The van der Waals surface area contributed by atoms with Gasteiger partial charge in [0, 0.05) is 0 Å². The molecule has 0 saturated carbocycles. The fourth-order valence-corrected chi connectivity index (χ4v) is 6.43. The maximum atomic E-state index is 13.1. The van der Waals surface area contributed by atoms with Crippen LogP contribution < -0.4 is 14.9 Å². The highest BCUT2D eigenvalue weighted by atomic mass is 32.2. The zero-order valence-electron chi connectivity index (χ0n) is 14.6. The Morgan fingerprint density at radius 3 is 2.41 bits per heavy atom. The van der Waals surface area contributed by atoms with Crippen LogP contribution in [0.2, 0.25) is 0 Å². The van der Waals surface area contributed by atoms with Crippen LogP contribution >= 0.6 is 23.1 Å². The van der Waals surface area contributed by atoms with E-state index in [1.54, 1.807) is 0 Å². The third-order valence-corrected chi connectivity index (χ3v) is 8.03. The number of nitrogens with one attached hydrogen (secondary N) is 1. The number of carbonyl (C=O) groups excluding carboxylic acids is 3. The molecule has 1 saturated heterocycles. The monoisotopic (exact) mass is 455 g/mol. The Bertz CT molecular complexity index is 1200. The molecule has 0 radical (unpaired) electrons. The minimum absolute atomic E-state index is 0.155. The molecule has 3 N–H and O–H groups in total. The molecule has 29 heavy (non-hydrogen) atoms. The molecule has 2 aliphatic heterocycles. The molecule has 1 fully saturated rings. The number of fused-ring (bicyclic) bond motifs is 2. The maximum absolute atomic E-state index is 13.1. The van der Waals surface area contributed by atoms with Crippen molar-refractivity contribution in [1.82, 2.24) is 4.98 Å². The number of hydrogen-bond acceptors (Lipinski definition) is 9. The van der Waals surface area contributed by atoms with E-state index in [-0.39, 0.29) is 10.6 Å². The SMILES string of the molecule is COC(=O)C1c2sc(=O)[nH]c2SC2C(=O)N(c3ccc(S(N)(=O)=O)cc3)C(=O)C21. The molecule has 1 aromatic carbocycles. The van der Waals surface area contributed by atoms with Crippen LogP contribution in [0.5, 0.6) is 0 Å². The minimum atomic E-state index is -3.93.